The SMILES string of the molecule is Nc1cc(C(Cl)(Cl)Cl)ccc1S. The minimum Gasteiger partial charge on any atom is -0.398 e. The number of hydrogen-bond acceptors (Lipinski definition) is 2. The predicted molar refractivity (Wildman–Crippen MR) is 57.3 cm³/mol. The molecule has 1 aromatic carbocycles. The van der Waals surface area contributed by atoms with E-state index in [4.69, 9.17) is 40.5 Å². The molecule has 0 saturated carbocycles. The first-order valence-corrected chi connectivity index (χ1v) is 4.65. The lowest BCUT2D eigenvalue weighted by molar-refractivity contribution is 1.22. The molecule has 1 nitrogen and oxygen atoms in total. The number of thiol groups is 1. The van der Waals surface area contributed by atoms with E-state index in [0.29, 0.717) is 16.1 Å². The van der Waals surface area contributed by atoms with E-state index >= 15 is 0 Å². The van der Waals surface area contributed by atoms with Gasteiger partial charge in [-0.25, -0.2) is 0 Å². The van der Waals surface area contributed by atoms with Crippen LogP contribution in [-0.4, -0.2) is 0 Å². The van der Waals surface area contributed by atoms with Gasteiger partial charge in [-0.3, -0.25) is 0 Å². The molecule has 0 bridgehead atoms. The average Bonchev–Trinajstić information content (AvgIpc) is 1.92. The average molecular weight is 243 g/mol. The second-order valence-corrected chi connectivity index (χ2v) is 5.03. The summed E-state index contributed by atoms with van der Waals surface area (Å²) >= 11 is 21.0. The van der Waals surface area contributed by atoms with Gasteiger partial charge in [0, 0.05) is 16.1 Å². The third kappa shape index (κ3) is 2.36. The van der Waals surface area contributed by atoms with Crippen molar-refractivity contribution < 1.29 is 0 Å². The Labute approximate surface area is 91.2 Å². The summed E-state index contributed by atoms with van der Waals surface area (Å²) in [4.78, 5) is 0.674. The molecule has 0 aliphatic carbocycles. The van der Waals surface area contributed by atoms with Crippen molar-refractivity contribution in [2.24, 2.45) is 0 Å². The first-order chi connectivity index (χ1) is 5.41. The van der Waals surface area contributed by atoms with Gasteiger partial charge in [0.15, 0.2) is 0 Å². The van der Waals surface area contributed by atoms with Crippen LogP contribution in [0.25, 0.3) is 0 Å². The molecule has 1 rings (SSSR count). The van der Waals surface area contributed by atoms with Gasteiger partial charge < -0.3 is 5.73 Å². The lowest BCUT2D eigenvalue weighted by atomic mass is 10.2. The largest absolute Gasteiger partial charge is 0.398 e. The maximum Gasteiger partial charge on any atom is 0.216 e. The predicted octanol–water partition coefficient (Wildman–Crippen LogP) is 3.38. The highest BCUT2D eigenvalue weighted by Gasteiger charge is 2.22. The van der Waals surface area contributed by atoms with Gasteiger partial charge in [-0.2, -0.15) is 0 Å². The second kappa shape index (κ2) is 3.54. The summed E-state index contributed by atoms with van der Waals surface area (Å²) in [5.41, 5.74) is 6.61. The number of anilines is 1. The van der Waals surface area contributed by atoms with Gasteiger partial charge in [-0.1, -0.05) is 40.9 Å². The number of nitrogens with two attached hydrogens (primary N) is 1. The molecule has 0 unspecified atom stereocenters. The van der Waals surface area contributed by atoms with Gasteiger partial charge in [0.25, 0.3) is 0 Å². The summed E-state index contributed by atoms with van der Waals surface area (Å²) in [5.74, 6) is 0. The lowest BCUT2D eigenvalue weighted by Gasteiger charge is -2.12. The number of halogens is 3. The fourth-order valence-corrected chi connectivity index (χ4v) is 1.22. The van der Waals surface area contributed by atoms with Crippen LogP contribution in [0, 0.1) is 0 Å². The maximum atomic E-state index is 5.63. The molecule has 66 valence electrons. The number of hydrogen-bond donors (Lipinski definition) is 2. The zero-order valence-corrected chi connectivity index (χ0v) is 9.05. The highest BCUT2D eigenvalue weighted by Crippen LogP contribution is 2.39. The molecule has 0 amide bonds. The van der Waals surface area contributed by atoms with Crippen molar-refractivity contribution in [1.82, 2.24) is 0 Å². The molecule has 1 aromatic rings. The third-order valence-electron chi connectivity index (χ3n) is 1.35. The van der Waals surface area contributed by atoms with Crippen LogP contribution in [0.1, 0.15) is 5.56 Å². The molecular formula is C7H6Cl3NS. The molecule has 0 radical (unpaired) electrons. The van der Waals surface area contributed by atoms with Crippen LogP contribution in [0.2, 0.25) is 0 Å². The van der Waals surface area contributed by atoms with E-state index in [0.717, 1.165) is 0 Å². The van der Waals surface area contributed by atoms with Crippen molar-refractivity contribution in [3.05, 3.63) is 23.8 Å². The Kier molecular flexibility index (Phi) is 3.05. The lowest BCUT2D eigenvalue weighted by Crippen LogP contribution is -2.01. The van der Waals surface area contributed by atoms with E-state index in [-0.39, 0.29) is 0 Å². The number of benzene rings is 1. The van der Waals surface area contributed by atoms with Crippen LogP contribution in [-0.2, 0) is 3.79 Å². The van der Waals surface area contributed by atoms with Crippen LogP contribution >= 0.6 is 47.4 Å². The van der Waals surface area contributed by atoms with Crippen LogP contribution in [0.4, 0.5) is 5.69 Å². The summed E-state index contributed by atoms with van der Waals surface area (Å²) in [6.07, 6.45) is 0. The number of rotatable bonds is 0. The van der Waals surface area contributed by atoms with Gasteiger partial charge in [-0.15, -0.1) is 12.6 Å². The van der Waals surface area contributed by atoms with Gasteiger partial charge in [0.1, 0.15) is 0 Å². The summed E-state index contributed by atoms with van der Waals surface area (Å²) in [6, 6.07) is 4.96. The van der Waals surface area contributed by atoms with Gasteiger partial charge >= 0.3 is 0 Å². The van der Waals surface area contributed by atoms with Crippen LogP contribution in [0.3, 0.4) is 0 Å². The smallest absolute Gasteiger partial charge is 0.216 e. The molecule has 12 heavy (non-hydrogen) atoms. The molecule has 0 spiro atoms. The first-order valence-electron chi connectivity index (χ1n) is 3.07. The number of alkyl halides is 3. The quantitative estimate of drug-likeness (QED) is 0.407. The van der Waals surface area contributed by atoms with Crippen molar-refractivity contribution in [1.29, 1.82) is 0 Å². The summed E-state index contributed by atoms with van der Waals surface area (Å²) < 4.78 is -1.42. The molecule has 0 heterocycles. The molecule has 0 atom stereocenters. The van der Waals surface area contributed by atoms with Gasteiger partial charge in [0.2, 0.25) is 3.79 Å². The molecule has 0 aromatic heterocycles. The van der Waals surface area contributed by atoms with E-state index in [9.17, 15) is 0 Å². The standard InChI is InChI=1S/C7H6Cl3NS/c8-7(9,10)4-1-2-6(12)5(11)3-4/h1-3,12H,11H2. The maximum absolute atomic E-state index is 5.63. The van der Waals surface area contributed by atoms with E-state index in [2.05, 4.69) is 12.6 Å². The Bertz CT molecular complexity index is 295. The topological polar surface area (TPSA) is 26.0 Å². The Morgan fingerprint density at radius 3 is 2.25 bits per heavy atom. The third-order valence-corrected chi connectivity index (χ3v) is 2.42. The van der Waals surface area contributed by atoms with E-state index in [1.165, 1.54) is 0 Å². The highest BCUT2D eigenvalue weighted by molar-refractivity contribution is 7.80. The Morgan fingerprint density at radius 1 is 1.25 bits per heavy atom. The fraction of sp³-hybridized carbons (Fsp3) is 0.143. The second-order valence-electron chi connectivity index (χ2n) is 2.27. The number of nitrogen functional groups attached to an aromatic ring is 1. The van der Waals surface area contributed by atoms with Gasteiger partial charge in [0.05, 0.1) is 0 Å². The molecule has 0 saturated heterocycles. The Hall–Kier alpha value is 0.240. The minimum atomic E-state index is -1.42. The molecular weight excluding hydrogens is 237 g/mol. The molecule has 0 aliphatic rings. The summed E-state index contributed by atoms with van der Waals surface area (Å²) in [6.45, 7) is 0. The molecule has 5 heteroatoms. The Morgan fingerprint density at radius 2 is 1.83 bits per heavy atom. The van der Waals surface area contributed by atoms with Crippen LogP contribution in [0.5, 0.6) is 0 Å². The zero-order valence-electron chi connectivity index (χ0n) is 5.89. The molecule has 0 aliphatic heterocycles. The van der Waals surface area contributed by atoms with E-state index in [1.54, 1.807) is 18.2 Å². The van der Waals surface area contributed by atoms with Crippen molar-refractivity contribution in [3.8, 4) is 0 Å². The van der Waals surface area contributed by atoms with Crippen LogP contribution < -0.4 is 5.73 Å². The molecule has 0 fully saturated rings. The van der Waals surface area contributed by atoms with Crippen molar-refractivity contribution in [2.75, 3.05) is 5.73 Å². The van der Waals surface area contributed by atoms with Crippen LogP contribution in [0.15, 0.2) is 23.1 Å². The minimum absolute atomic E-state index is 0.502. The van der Waals surface area contributed by atoms with E-state index in [1.807, 2.05) is 0 Å². The highest BCUT2D eigenvalue weighted by atomic mass is 35.6. The van der Waals surface area contributed by atoms with Crippen molar-refractivity contribution in [2.45, 2.75) is 8.69 Å². The molecule has 2 N–H and O–H groups in total. The zero-order chi connectivity index (χ0) is 9.35. The van der Waals surface area contributed by atoms with Crippen molar-refractivity contribution >= 4 is 53.1 Å². The monoisotopic (exact) mass is 241 g/mol. The van der Waals surface area contributed by atoms with E-state index < -0.39 is 3.79 Å². The first kappa shape index (κ1) is 10.3. The summed E-state index contributed by atoms with van der Waals surface area (Å²) in [5, 5.41) is 0. The Balaban J connectivity index is 3.14. The van der Waals surface area contributed by atoms with Gasteiger partial charge in [-0.05, 0) is 12.1 Å². The van der Waals surface area contributed by atoms with Crippen molar-refractivity contribution in [3.63, 3.8) is 0 Å². The summed E-state index contributed by atoms with van der Waals surface area (Å²) in [7, 11) is 0. The fourth-order valence-electron chi connectivity index (χ4n) is 0.731. The normalized spacial score (nSPS) is 11.7.